The summed E-state index contributed by atoms with van der Waals surface area (Å²) >= 11 is 0. The van der Waals surface area contributed by atoms with Crippen molar-refractivity contribution in [3.8, 4) is 0 Å². The maximum Gasteiger partial charge on any atom is 0.138 e. The maximum atomic E-state index is 11.6. The van der Waals surface area contributed by atoms with Crippen LogP contribution in [0.25, 0.3) is 0 Å². The molecule has 0 amide bonds. The van der Waals surface area contributed by atoms with Gasteiger partial charge < -0.3 is 5.32 Å². The van der Waals surface area contributed by atoms with Crippen molar-refractivity contribution in [2.75, 3.05) is 13.6 Å². The minimum absolute atomic E-state index is 0.285. The van der Waals surface area contributed by atoms with Gasteiger partial charge in [0.05, 0.1) is 5.69 Å². The molecule has 4 heteroatoms. The van der Waals surface area contributed by atoms with E-state index in [0.717, 1.165) is 24.4 Å². The fourth-order valence-corrected chi connectivity index (χ4v) is 1.58. The first-order valence-corrected chi connectivity index (χ1v) is 5.29. The predicted molar refractivity (Wildman–Crippen MR) is 59.8 cm³/mol. The molecule has 4 nitrogen and oxygen atoms in total. The van der Waals surface area contributed by atoms with E-state index in [1.54, 1.807) is 4.68 Å². The summed E-state index contributed by atoms with van der Waals surface area (Å²) in [5.74, 6) is 0.285. The van der Waals surface area contributed by atoms with Crippen LogP contribution in [0, 0.1) is 6.92 Å². The Morgan fingerprint density at radius 3 is 2.87 bits per heavy atom. The molecule has 0 aromatic carbocycles. The van der Waals surface area contributed by atoms with E-state index in [-0.39, 0.29) is 5.78 Å². The van der Waals surface area contributed by atoms with Crippen molar-refractivity contribution < 1.29 is 4.79 Å². The fourth-order valence-electron chi connectivity index (χ4n) is 1.58. The lowest BCUT2D eigenvalue weighted by Crippen LogP contribution is -2.12. The van der Waals surface area contributed by atoms with E-state index in [0.29, 0.717) is 12.8 Å². The van der Waals surface area contributed by atoms with Crippen molar-refractivity contribution in [1.29, 1.82) is 0 Å². The molecule has 0 bridgehead atoms. The van der Waals surface area contributed by atoms with Crippen LogP contribution in [0.2, 0.25) is 0 Å². The Balaban J connectivity index is 2.41. The lowest BCUT2D eigenvalue weighted by molar-refractivity contribution is -0.118. The van der Waals surface area contributed by atoms with Gasteiger partial charge >= 0.3 is 0 Å². The van der Waals surface area contributed by atoms with Gasteiger partial charge in [-0.25, -0.2) is 0 Å². The lowest BCUT2D eigenvalue weighted by Gasteiger charge is -2.01. The van der Waals surface area contributed by atoms with Crippen LogP contribution in [-0.4, -0.2) is 29.2 Å². The smallest absolute Gasteiger partial charge is 0.138 e. The van der Waals surface area contributed by atoms with Gasteiger partial charge in [-0.1, -0.05) is 0 Å². The van der Waals surface area contributed by atoms with Crippen molar-refractivity contribution in [1.82, 2.24) is 15.1 Å². The molecular formula is C11H19N3O. The molecule has 15 heavy (non-hydrogen) atoms. The summed E-state index contributed by atoms with van der Waals surface area (Å²) in [5.41, 5.74) is 1.97. The second-order valence-electron chi connectivity index (χ2n) is 3.82. The molecule has 0 saturated heterocycles. The molecule has 0 spiro atoms. The van der Waals surface area contributed by atoms with Gasteiger partial charge in [-0.2, -0.15) is 5.10 Å². The molecule has 0 atom stereocenters. The van der Waals surface area contributed by atoms with Crippen LogP contribution in [0.15, 0.2) is 6.07 Å². The fraction of sp³-hybridized carbons (Fsp3) is 0.636. The van der Waals surface area contributed by atoms with Gasteiger partial charge in [-0.3, -0.25) is 9.48 Å². The Morgan fingerprint density at radius 1 is 1.60 bits per heavy atom. The normalized spacial score (nSPS) is 10.6. The van der Waals surface area contributed by atoms with E-state index in [1.165, 1.54) is 0 Å². The summed E-state index contributed by atoms with van der Waals surface area (Å²) in [6.45, 7) is 2.84. The average Bonchev–Trinajstić information content (AvgIpc) is 2.45. The molecule has 1 heterocycles. The summed E-state index contributed by atoms with van der Waals surface area (Å²) in [4.78, 5) is 11.6. The van der Waals surface area contributed by atoms with Gasteiger partial charge in [0, 0.05) is 25.6 Å². The predicted octanol–water partition coefficient (Wildman–Crippen LogP) is 0.840. The lowest BCUT2D eigenvalue weighted by atomic mass is 10.1. The molecule has 0 aliphatic rings. The second-order valence-corrected chi connectivity index (χ2v) is 3.82. The van der Waals surface area contributed by atoms with Crippen LogP contribution < -0.4 is 5.32 Å². The molecule has 0 radical (unpaired) electrons. The van der Waals surface area contributed by atoms with Crippen LogP contribution in [0.3, 0.4) is 0 Å². The largest absolute Gasteiger partial charge is 0.320 e. The number of nitrogens with zero attached hydrogens (tertiary/aromatic N) is 2. The first-order valence-electron chi connectivity index (χ1n) is 5.29. The number of ketones is 1. The van der Waals surface area contributed by atoms with Gasteiger partial charge in [-0.05, 0) is 33.0 Å². The minimum Gasteiger partial charge on any atom is -0.320 e. The van der Waals surface area contributed by atoms with Gasteiger partial charge in [-0.15, -0.1) is 0 Å². The number of Topliss-reactive ketones (excluding diaryl/α,β-unsaturated/α-hetero) is 1. The highest BCUT2D eigenvalue weighted by Gasteiger charge is 2.07. The Hall–Kier alpha value is -1.16. The second kappa shape index (κ2) is 5.66. The maximum absolute atomic E-state index is 11.6. The minimum atomic E-state index is 0.285. The molecule has 84 valence electrons. The Labute approximate surface area is 90.7 Å². The average molecular weight is 209 g/mol. The summed E-state index contributed by atoms with van der Waals surface area (Å²) in [6, 6.07) is 1.97. The number of rotatable bonds is 6. The molecule has 1 N–H and O–H groups in total. The van der Waals surface area contributed by atoms with E-state index >= 15 is 0 Å². The molecule has 0 fully saturated rings. The van der Waals surface area contributed by atoms with Crippen molar-refractivity contribution in [2.45, 2.75) is 26.2 Å². The van der Waals surface area contributed by atoms with Gasteiger partial charge in [0.1, 0.15) is 5.78 Å². The van der Waals surface area contributed by atoms with E-state index in [2.05, 4.69) is 10.4 Å². The van der Waals surface area contributed by atoms with E-state index in [1.807, 2.05) is 27.1 Å². The molecule has 0 aliphatic heterocycles. The Bertz CT molecular complexity index is 331. The molecule has 0 saturated carbocycles. The van der Waals surface area contributed by atoms with Gasteiger partial charge in [0.2, 0.25) is 0 Å². The van der Waals surface area contributed by atoms with E-state index < -0.39 is 0 Å². The standard InChI is InChI=1S/C11H19N3O/c1-9-7-10(14(3)13-9)8-11(15)5-4-6-12-2/h7,12H,4-6,8H2,1-3H3. The third kappa shape index (κ3) is 3.83. The zero-order chi connectivity index (χ0) is 11.3. The first-order chi connectivity index (χ1) is 7.13. The molecular weight excluding hydrogens is 190 g/mol. The molecule has 1 aromatic rings. The van der Waals surface area contributed by atoms with Crippen LogP contribution >= 0.6 is 0 Å². The number of nitrogens with one attached hydrogen (secondary N) is 1. The summed E-state index contributed by atoms with van der Waals surface area (Å²) in [5, 5.41) is 7.25. The molecule has 1 rings (SSSR count). The number of aromatic nitrogens is 2. The van der Waals surface area contributed by atoms with Crippen LogP contribution in [0.4, 0.5) is 0 Å². The van der Waals surface area contributed by atoms with Crippen molar-refractivity contribution in [3.63, 3.8) is 0 Å². The van der Waals surface area contributed by atoms with Crippen LogP contribution in [0.5, 0.6) is 0 Å². The zero-order valence-corrected chi connectivity index (χ0v) is 9.71. The Morgan fingerprint density at radius 2 is 2.33 bits per heavy atom. The summed E-state index contributed by atoms with van der Waals surface area (Å²) in [7, 11) is 3.78. The van der Waals surface area contributed by atoms with Crippen LogP contribution in [-0.2, 0) is 18.3 Å². The monoisotopic (exact) mass is 209 g/mol. The highest BCUT2D eigenvalue weighted by atomic mass is 16.1. The van der Waals surface area contributed by atoms with Crippen molar-refractivity contribution in [2.24, 2.45) is 7.05 Å². The topological polar surface area (TPSA) is 46.9 Å². The Kier molecular flexibility index (Phi) is 4.49. The van der Waals surface area contributed by atoms with Gasteiger partial charge in [0.25, 0.3) is 0 Å². The number of carbonyl (C=O) groups is 1. The summed E-state index contributed by atoms with van der Waals surface area (Å²) < 4.78 is 1.78. The first kappa shape index (κ1) is 11.9. The highest BCUT2D eigenvalue weighted by Crippen LogP contribution is 2.05. The highest BCUT2D eigenvalue weighted by molar-refractivity contribution is 5.80. The number of hydrogen-bond acceptors (Lipinski definition) is 3. The zero-order valence-electron chi connectivity index (χ0n) is 9.71. The van der Waals surface area contributed by atoms with Crippen molar-refractivity contribution >= 4 is 5.78 Å². The molecule has 0 unspecified atom stereocenters. The molecule has 1 aromatic heterocycles. The van der Waals surface area contributed by atoms with E-state index in [9.17, 15) is 4.79 Å². The van der Waals surface area contributed by atoms with Crippen molar-refractivity contribution in [3.05, 3.63) is 17.5 Å². The quantitative estimate of drug-likeness (QED) is 0.706. The number of carbonyl (C=O) groups excluding carboxylic acids is 1. The SMILES string of the molecule is CNCCCC(=O)Cc1cc(C)nn1C. The number of aryl methyl sites for hydroxylation is 2. The van der Waals surface area contributed by atoms with Crippen LogP contribution in [0.1, 0.15) is 24.2 Å². The summed E-state index contributed by atoms with van der Waals surface area (Å²) in [6.07, 6.45) is 2.05. The van der Waals surface area contributed by atoms with E-state index in [4.69, 9.17) is 0 Å². The third-order valence-electron chi connectivity index (χ3n) is 2.36. The number of hydrogen-bond donors (Lipinski definition) is 1. The third-order valence-corrected chi connectivity index (χ3v) is 2.36. The molecule has 0 aliphatic carbocycles. The van der Waals surface area contributed by atoms with Gasteiger partial charge in [0.15, 0.2) is 0 Å².